The minimum atomic E-state index is -0.932. The van der Waals surface area contributed by atoms with E-state index in [0.29, 0.717) is 6.54 Å². The van der Waals surface area contributed by atoms with Crippen LogP contribution in [0.15, 0.2) is 48.5 Å². The molecule has 2 rings (SSSR count). The van der Waals surface area contributed by atoms with E-state index >= 15 is 0 Å². The number of aliphatic carboxylic acids is 1. The van der Waals surface area contributed by atoms with Crippen molar-refractivity contribution in [1.29, 1.82) is 0 Å². The van der Waals surface area contributed by atoms with Gasteiger partial charge in [-0.25, -0.2) is 0 Å². The van der Waals surface area contributed by atoms with E-state index in [9.17, 15) is 9.90 Å². The summed E-state index contributed by atoms with van der Waals surface area (Å²) in [6.07, 6.45) is 0. The molecule has 0 radical (unpaired) electrons. The van der Waals surface area contributed by atoms with Gasteiger partial charge in [0.25, 0.3) is 0 Å². The van der Waals surface area contributed by atoms with Gasteiger partial charge in [0.2, 0.25) is 0 Å². The molecule has 2 aromatic rings. The number of carboxylic acid groups (broad SMARTS) is 1. The minimum absolute atomic E-state index is 0.653. The van der Waals surface area contributed by atoms with Gasteiger partial charge in [-0.15, -0.1) is 0 Å². The molecule has 23 heavy (non-hydrogen) atoms. The fourth-order valence-corrected chi connectivity index (χ4v) is 2.41. The van der Waals surface area contributed by atoms with Gasteiger partial charge in [0, 0.05) is 32.0 Å². The molecule has 0 aliphatic heterocycles. The highest BCUT2D eigenvalue weighted by molar-refractivity contribution is 5.83. The highest BCUT2D eigenvalue weighted by Crippen LogP contribution is 2.30. The molecule has 2 aromatic carbocycles. The summed E-state index contributed by atoms with van der Waals surface area (Å²) in [5.74, 6) is -0.831. The van der Waals surface area contributed by atoms with Crippen LogP contribution in [0.5, 0.6) is 0 Å². The van der Waals surface area contributed by atoms with Crippen LogP contribution in [-0.2, 0) is 16.8 Å². The Morgan fingerprint density at radius 2 is 1.70 bits per heavy atom. The number of nitrogens with one attached hydrogen (secondary N) is 1. The molecule has 0 unspecified atom stereocenters. The smallest absolute Gasteiger partial charge is 0.313 e. The Balaban J connectivity index is 2.17. The number of anilines is 2. The van der Waals surface area contributed by atoms with Crippen molar-refractivity contribution in [1.82, 2.24) is 0 Å². The lowest BCUT2D eigenvalue weighted by Gasteiger charge is -2.23. The number of nitrogens with zero attached hydrogens (tertiary/aromatic N) is 1. The first kappa shape index (κ1) is 16.9. The van der Waals surface area contributed by atoms with Crippen LogP contribution in [0, 0.1) is 0 Å². The molecule has 0 aliphatic carbocycles. The molecule has 0 amide bonds. The first-order chi connectivity index (χ1) is 10.8. The van der Waals surface area contributed by atoms with Gasteiger partial charge in [-0.05, 0) is 43.2 Å². The summed E-state index contributed by atoms with van der Waals surface area (Å²) in [7, 11) is 4.02. The number of hydrogen-bond donors (Lipinski definition) is 2. The van der Waals surface area contributed by atoms with Crippen molar-refractivity contribution >= 4 is 17.3 Å². The molecule has 0 saturated carbocycles. The second-order valence-corrected chi connectivity index (χ2v) is 6.39. The maximum atomic E-state index is 11.5. The van der Waals surface area contributed by atoms with E-state index < -0.39 is 11.4 Å². The summed E-state index contributed by atoms with van der Waals surface area (Å²) in [4.78, 5) is 13.6. The maximum absolute atomic E-state index is 11.5. The summed E-state index contributed by atoms with van der Waals surface area (Å²) in [5.41, 5.74) is 3.02. The summed E-state index contributed by atoms with van der Waals surface area (Å²) < 4.78 is 0. The predicted octanol–water partition coefficient (Wildman–Crippen LogP) is 3.73. The van der Waals surface area contributed by atoms with Crippen LogP contribution in [0.2, 0.25) is 0 Å². The van der Waals surface area contributed by atoms with Crippen LogP contribution >= 0.6 is 0 Å². The average Bonchev–Trinajstić information content (AvgIpc) is 2.53. The monoisotopic (exact) mass is 312 g/mol. The molecule has 0 fully saturated rings. The summed E-state index contributed by atoms with van der Waals surface area (Å²) >= 11 is 0. The van der Waals surface area contributed by atoms with Crippen molar-refractivity contribution in [2.75, 3.05) is 24.3 Å². The molecule has 0 atom stereocenters. The second kappa shape index (κ2) is 6.73. The number of para-hydroxylation sites is 1. The second-order valence-electron chi connectivity index (χ2n) is 6.39. The van der Waals surface area contributed by atoms with Gasteiger partial charge in [-0.1, -0.05) is 30.3 Å². The first-order valence-electron chi connectivity index (χ1n) is 7.65. The Morgan fingerprint density at radius 1 is 1.09 bits per heavy atom. The number of rotatable bonds is 6. The average molecular weight is 312 g/mol. The summed E-state index contributed by atoms with van der Waals surface area (Å²) in [6, 6.07) is 15.9. The largest absolute Gasteiger partial charge is 0.481 e. The molecule has 4 nitrogen and oxygen atoms in total. The van der Waals surface area contributed by atoms with E-state index in [4.69, 9.17) is 0 Å². The normalized spacial score (nSPS) is 11.1. The maximum Gasteiger partial charge on any atom is 0.313 e. The van der Waals surface area contributed by atoms with Crippen molar-refractivity contribution in [3.8, 4) is 0 Å². The van der Waals surface area contributed by atoms with Gasteiger partial charge in [0.1, 0.15) is 0 Å². The molecule has 122 valence electrons. The van der Waals surface area contributed by atoms with Crippen molar-refractivity contribution in [2.45, 2.75) is 25.8 Å². The molecule has 0 aromatic heterocycles. The Hall–Kier alpha value is -2.49. The highest BCUT2D eigenvalue weighted by atomic mass is 16.4. The molecule has 0 bridgehead atoms. The molecule has 0 aliphatic rings. The molecule has 2 N–H and O–H groups in total. The number of carbonyl (C=O) groups is 1. The Kier molecular flexibility index (Phi) is 4.94. The first-order valence-corrected chi connectivity index (χ1v) is 7.65. The zero-order valence-corrected chi connectivity index (χ0v) is 14.1. The van der Waals surface area contributed by atoms with Gasteiger partial charge in [0.05, 0.1) is 5.41 Å². The Morgan fingerprint density at radius 3 is 2.26 bits per heavy atom. The van der Waals surface area contributed by atoms with Crippen molar-refractivity contribution in [3.63, 3.8) is 0 Å². The number of benzene rings is 2. The van der Waals surface area contributed by atoms with Crippen LogP contribution in [0.25, 0.3) is 0 Å². The van der Waals surface area contributed by atoms with Gasteiger partial charge < -0.3 is 15.3 Å². The highest BCUT2D eigenvalue weighted by Gasteiger charge is 2.31. The van der Waals surface area contributed by atoms with E-state index in [-0.39, 0.29) is 0 Å². The van der Waals surface area contributed by atoms with Gasteiger partial charge in [0.15, 0.2) is 0 Å². The van der Waals surface area contributed by atoms with Gasteiger partial charge in [-0.2, -0.15) is 0 Å². The van der Waals surface area contributed by atoms with E-state index in [2.05, 4.69) is 34.5 Å². The van der Waals surface area contributed by atoms with E-state index in [0.717, 1.165) is 22.5 Å². The topological polar surface area (TPSA) is 52.6 Å². The molecular weight excluding hydrogens is 288 g/mol. The third-order valence-electron chi connectivity index (χ3n) is 4.07. The van der Waals surface area contributed by atoms with Crippen LogP contribution < -0.4 is 10.2 Å². The summed E-state index contributed by atoms with van der Waals surface area (Å²) in [5, 5.41) is 12.8. The zero-order valence-electron chi connectivity index (χ0n) is 14.1. The van der Waals surface area contributed by atoms with Gasteiger partial charge >= 0.3 is 5.97 Å². The van der Waals surface area contributed by atoms with Crippen LogP contribution in [-0.4, -0.2) is 25.2 Å². The quantitative estimate of drug-likeness (QED) is 0.853. The lowest BCUT2D eigenvalue weighted by molar-refractivity contribution is -0.142. The van der Waals surface area contributed by atoms with Crippen molar-refractivity contribution < 1.29 is 9.90 Å². The minimum Gasteiger partial charge on any atom is -0.481 e. The molecule has 4 heteroatoms. The number of hydrogen-bond acceptors (Lipinski definition) is 3. The molecular formula is C19H24N2O2. The van der Waals surface area contributed by atoms with E-state index in [1.165, 1.54) is 0 Å². The van der Waals surface area contributed by atoms with Crippen molar-refractivity contribution in [3.05, 3.63) is 59.7 Å². The Labute approximate surface area is 137 Å². The number of carboxylic acids is 1. The van der Waals surface area contributed by atoms with Crippen LogP contribution in [0.3, 0.4) is 0 Å². The zero-order chi connectivity index (χ0) is 17.0. The van der Waals surface area contributed by atoms with Crippen LogP contribution in [0.4, 0.5) is 11.4 Å². The molecule has 0 heterocycles. The molecule has 0 spiro atoms. The van der Waals surface area contributed by atoms with Gasteiger partial charge in [-0.3, -0.25) is 4.79 Å². The van der Waals surface area contributed by atoms with E-state index in [1.807, 2.05) is 38.4 Å². The van der Waals surface area contributed by atoms with E-state index in [1.54, 1.807) is 13.8 Å². The third-order valence-corrected chi connectivity index (χ3v) is 4.07. The lowest BCUT2D eigenvalue weighted by Crippen LogP contribution is -2.29. The fraction of sp³-hybridized carbons (Fsp3) is 0.316. The lowest BCUT2D eigenvalue weighted by atomic mass is 9.83. The Bertz CT molecular complexity index is 676. The SMILES string of the molecule is CN(C)c1ccc(CNc2ccccc2C(C)(C)C(=O)O)cc1. The predicted molar refractivity (Wildman–Crippen MR) is 95.2 cm³/mol. The molecule has 0 saturated heterocycles. The fourth-order valence-electron chi connectivity index (χ4n) is 2.41. The standard InChI is InChI=1S/C19H24N2O2/c1-19(2,18(22)23)16-7-5-6-8-17(16)20-13-14-9-11-15(12-10-14)21(3)4/h5-12,20H,13H2,1-4H3,(H,22,23). The third kappa shape index (κ3) is 3.83. The van der Waals surface area contributed by atoms with Crippen LogP contribution in [0.1, 0.15) is 25.0 Å². The summed E-state index contributed by atoms with van der Waals surface area (Å²) in [6.45, 7) is 4.10. The van der Waals surface area contributed by atoms with Crippen molar-refractivity contribution in [2.24, 2.45) is 0 Å².